The SMILES string of the molecule is Cc1cccc(C)c1Oc1ccc(C(=O)CC2CC(C)(C)NC(C)(C)C2)cc1. The number of hydrogen-bond donors (Lipinski definition) is 1. The van der Waals surface area contributed by atoms with Gasteiger partial charge in [0.15, 0.2) is 5.78 Å². The summed E-state index contributed by atoms with van der Waals surface area (Å²) in [4.78, 5) is 12.9. The monoisotopic (exact) mass is 379 g/mol. The van der Waals surface area contributed by atoms with Crippen LogP contribution >= 0.6 is 0 Å². The molecule has 3 heteroatoms. The van der Waals surface area contributed by atoms with Gasteiger partial charge in [-0.25, -0.2) is 0 Å². The van der Waals surface area contributed by atoms with Crippen LogP contribution in [0.4, 0.5) is 0 Å². The number of piperidine rings is 1. The van der Waals surface area contributed by atoms with E-state index in [9.17, 15) is 4.79 Å². The van der Waals surface area contributed by atoms with Crippen molar-refractivity contribution in [1.82, 2.24) is 5.32 Å². The predicted molar refractivity (Wildman–Crippen MR) is 115 cm³/mol. The lowest BCUT2D eigenvalue weighted by molar-refractivity contribution is 0.0864. The van der Waals surface area contributed by atoms with Crippen LogP contribution in [0.25, 0.3) is 0 Å². The molecule has 0 amide bonds. The van der Waals surface area contributed by atoms with Gasteiger partial charge in [-0.2, -0.15) is 0 Å². The third-order valence-electron chi connectivity index (χ3n) is 5.55. The number of benzene rings is 2. The van der Waals surface area contributed by atoms with Gasteiger partial charge in [0.2, 0.25) is 0 Å². The zero-order valence-electron chi connectivity index (χ0n) is 18.1. The van der Waals surface area contributed by atoms with Gasteiger partial charge in [0.1, 0.15) is 11.5 Å². The van der Waals surface area contributed by atoms with Crippen molar-refractivity contribution >= 4 is 5.78 Å². The van der Waals surface area contributed by atoms with Crippen LogP contribution in [0.5, 0.6) is 11.5 Å². The Morgan fingerprint density at radius 1 is 0.964 bits per heavy atom. The van der Waals surface area contributed by atoms with Crippen LogP contribution in [-0.2, 0) is 0 Å². The van der Waals surface area contributed by atoms with Gasteiger partial charge in [0.25, 0.3) is 0 Å². The van der Waals surface area contributed by atoms with E-state index in [1.165, 1.54) is 0 Å². The molecule has 150 valence electrons. The highest BCUT2D eigenvalue weighted by molar-refractivity contribution is 5.96. The number of rotatable bonds is 5. The second-order valence-corrected chi connectivity index (χ2v) is 9.64. The van der Waals surface area contributed by atoms with Gasteiger partial charge in [-0.3, -0.25) is 4.79 Å². The molecule has 3 nitrogen and oxygen atoms in total. The number of ether oxygens (including phenoxy) is 1. The van der Waals surface area contributed by atoms with Crippen molar-refractivity contribution in [2.24, 2.45) is 5.92 Å². The summed E-state index contributed by atoms with van der Waals surface area (Å²) in [5.41, 5.74) is 3.11. The lowest BCUT2D eigenvalue weighted by Gasteiger charge is -2.46. The van der Waals surface area contributed by atoms with Gasteiger partial charge in [-0.15, -0.1) is 0 Å². The molecular formula is C25H33NO2. The summed E-state index contributed by atoms with van der Waals surface area (Å²) in [6, 6.07) is 13.7. The van der Waals surface area contributed by atoms with Gasteiger partial charge in [-0.05, 0) is 95.7 Å². The average molecular weight is 380 g/mol. The maximum absolute atomic E-state index is 12.9. The molecule has 1 fully saturated rings. The van der Waals surface area contributed by atoms with Crippen molar-refractivity contribution in [2.75, 3.05) is 0 Å². The van der Waals surface area contributed by atoms with E-state index in [0.717, 1.165) is 41.0 Å². The van der Waals surface area contributed by atoms with Gasteiger partial charge >= 0.3 is 0 Å². The van der Waals surface area contributed by atoms with E-state index >= 15 is 0 Å². The Kier molecular flexibility index (Phi) is 5.67. The highest BCUT2D eigenvalue weighted by Crippen LogP contribution is 2.35. The summed E-state index contributed by atoms with van der Waals surface area (Å²) < 4.78 is 6.06. The van der Waals surface area contributed by atoms with Crippen molar-refractivity contribution in [2.45, 2.75) is 71.9 Å². The van der Waals surface area contributed by atoms with Crippen molar-refractivity contribution in [1.29, 1.82) is 0 Å². The zero-order chi connectivity index (χ0) is 20.5. The Morgan fingerprint density at radius 2 is 1.50 bits per heavy atom. The fourth-order valence-electron chi connectivity index (χ4n) is 4.84. The van der Waals surface area contributed by atoms with E-state index in [1.807, 2.05) is 56.3 Å². The average Bonchev–Trinajstić information content (AvgIpc) is 2.56. The molecule has 2 aromatic rings. The number of Topliss-reactive ketones (excluding diaryl/α,β-unsaturated/α-hetero) is 1. The maximum Gasteiger partial charge on any atom is 0.163 e. The lowest BCUT2D eigenvalue weighted by atomic mass is 9.74. The van der Waals surface area contributed by atoms with Crippen molar-refractivity contribution < 1.29 is 9.53 Å². The van der Waals surface area contributed by atoms with Crippen LogP contribution < -0.4 is 10.1 Å². The fraction of sp³-hybridized carbons (Fsp3) is 0.480. The first-order valence-electron chi connectivity index (χ1n) is 10.2. The van der Waals surface area contributed by atoms with E-state index in [-0.39, 0.29) is 16.9 Å². The molecule has 0 aliphatic carbocycles. The van der Waals surface area contributed by atoms with Gasteiger partial charge < -0.3 is 10.1 Å². The molecule has 2 aromatic carbocycles. The third kappa shape index (κ3) is 5.02. The highest BCUT2D eigenvalue weighted by Gasteiger charge is 2.38. The molecule has 1 saturated heterocycles. The molecule has 1 aliphatic heterocycles. The molecule has 28 heavy (non-hydrogen) atoms. The van der Waals surface area contributed by atoms with Gasteiger partial charge in [-0.1, -0.05) is 18.2 Å². The Morgan fingerprint density at radius 3 is 2.04 bits per heavy atom. The smallest absolute Gasteiger partial charge is 0.163 e. The number of aryl methyl sites for hydroxylation is 2. The molecule has 0 radical (unpaired) electrons. The number of nitrogens with one attached hydrogen (secondary N) is 1. The van der Waals surface area contributed by atoms with Crippen LogP contribution in [0.2, 0.25) is 0 Å². The van der Waals surface area contributed by atoms with Crippen LogP contribution in [0.1, 0.15) is 68.4 Å². The van der Waals surface area contributed by atoms with Crippen molar-refractivity contribution in [3.8, 4) is 11.5 Å². The number of hydrogen-bond acceptors (Lipinski definition) is 3. The minimum atomic E-state index is 0.0653. The second-order valence-electron chi connectivity index (χ2n) is 9.64. The largest absolute Gasteiger partial charge is 0.457 e. The minimum absolute atomic E-state index is 0.0653. The first-order valence-corrected chi connectivity index (χ1v) is 10.2. The number of carbonyl (C=O) groups excluding carboxylic acids is 1. The lowest BCUT2D eigenvalue weighted by Crippen LogP contribution is -2.57. The van der Waals surface area contributed by atoms with E-state index < -0.39 is 0 Å². The molecule has 0 aromatic heterocycles. The minimum Gasteiger partial charge on any atom is -0.457 e. The summed E-state index contributed by atoms with van der Waals surface area (Å²) >= 11 is 0. The normalized spacial score (nSPS) is 18.6. The molecule has 0 saturated carbocycles. The number of ketones is 1. The summed E-state index contributed by atoms with van der Waals surface area (Å²) in [6.07, 6.45) is 2.65. The van der Waals surface area contributed by atoms with Gasteiger partial charge in [0, 0.05) is 23.1 Å². The molecular weight excluding hydrogens is 346 g/mol. The third-order valence-corrected chi connectivity index (χ3v) is 5.55. The first kappa shape index (κ1) is 20.6. The summed E-state index contributed by atoms with van der Waals surface area (Å²) in [6.45, 7) is 13.0. The van der Waals surface area contributed by atoms with Gasteiger partial charge in [0.05, 0.1) is 0 Å². The Bertz CT molecular complexity index is 813. The second kappa shape index (κ2) is 7.71. The van der Waals surface area contributed by atoms with E-state index in [0.29, 0.717) is 12.3 Å². The topological polar surface area (TPSA) is 38.3 Å². The van der Waals surface area contributed by atoms with Crippen molar-refractivity contribution in [3.63, 3.8) is 0 Å². The molecule has 1 aliphatic rings. The van der Waals surface area contributed by atoms with Crippen LogP contribution in [0.15, 0.2) is 42.5 Å². The van der Waals surface area contributed by atoms with E-state index in [4.69, 9.17) is 4.74 Å². The van der Waals surface area contributed by atoms with Crippen molar-refractivity contribution in [3.05, 3.63) is 59.2 Å². The molecule has 0 unspecified atom stereocenters. The van der Waals surface area contributed by atoms with E-state index in [1.54, 1.807) is 0 Å². The summed E-state index contributed by atoms with van der Waals surface area (Å²) in [5.74, 6) is 2.28. The molecule has 1 N–H and O–H groups in total. The standard InChI is InChI=1S/C25H33NO2/c1-17-8-7-9-18(2)23(17)28-21-12-10-20(11-13-21)22(27)14-19-15-24(3,4)26-25(5,6)16-19/h7-13,19,26H,14-16H2,1-6H3. The summed E-state index contributed by atoms with van der Waals surface area (Å²) in [7, 11) is 0. The molecule has 3 rings (SSSR count). The Hall–Kier alpha value is -2.13. The summed E-state index contributed by atoms with van der Waals surface area (Å²) in [5, 5.41) is 3.69. The van der Waals surface area contributed by atoms with Crippen LogP contribution in [0, 0.1) is 19.8 Å². The quantitative estimate of drug-likeness (QED) is 0.626. The highest BCUT2D eigenvalue weighted by atomic mass is 16.5. The predicted octanol–water partition coefficient (Wildman–Crippen LogP) is 6.23. The molecule has 1 heterocycles. The first-order chi connectivity index (χ1) is 13.0. The van der Waals surface area contributed by atoms with Crippen LogP contribution in [-0.4, -0.2) is 16.9 Å². The maximum atomic E-state index is 12.9. The Labute approximate surface area is 169 Å². The molecule has 0 bridgehead atoms. The fourth-order valence-corrected chi connectivity index (χ4v) is 4.84. The van der Waals surface area contributed by atoms with E-state index in [2.05, 4.69) is 33.0 Å². The molecule has 0 spiro atoms. The molecule has 0 atom stereocenters. The number of carbonyl (C=O) groups is 1. The Balaban J connectivity index is 1.67. The number of para-hydroxylation sites is 1. The zero-order valence-corrected chi connectivity index (χ0v) is 18.1. The van der Waals surface area contributed by atoms with Crippen LogP contribution in [0.3, 0.4) is 0 Å².